The lowest BCUT2D eigenvalue weighted by molar-refractivity contribution is 0.149. The number of hydrogen-bond acceptors (Lipinski definition) is 1. The molecule has 2 aliphatic carbocycles. The van der Waals surface area contributed by atoms with Gasteiger partial charge in [-0.3, -0.25) is 0 Å². The van der Waals surface area contributed by atoms with Crippen molar-refractivity contribution in [3.05, 3.63) is 0 Å². The molecule has 0 atom stereocenters. The maximum Gasteiger partial charge on any atom is -0.00205 e. The molecule has 0 saturated heterocycles. The Kier molecular flexibility index (Phi) is 5.74. The third-order valence-corrected chi connectivity index (χ3v) is 5.71. The first kappa shape index (κ1) is 15.4. The Morgan fingerprint density at radius 1 is 0.842 bits per heavy atom. The van der Waals surface area contributed by atoms with Crippen molar-refractivity contribution in [2.24, 2.45) is 23.2 Å². The molecule has 0 aromatic rings. The predicted molar refractivity (Wildman–Crippen MR) is 84.3 cm³/mol. The molecule has 1 nitrogen and oxygen atoms in total. The van der Waals surface area contributed by atoms with Crippen LogP contribution >= 0.6 is 0 Å². The van der Waals surface area contributed by atoms with Gasteiger partial charge in [-0.25, -0.2) is 0 Å². The first-order valence-corrected chi connectivity index (χ1v) is 8.76. The Hall–Kier alpha value is -0.0400. The third-order valence-electron chi connectivity index (χ3n) is 5.71. The van der Waals surface area contributed by atoms with Gasteiger partial charge in [-0.2, -0.15) is 0 Å². The van der Waals surface area contributed by atoms with E-state index in [0.717, 1.165) is 17.8 Å². The lowest BCUT2D eigenvalue weighted by Gasteiger charge is -2.37. The van der Waals surface area contributed by atoms with Gasteiger partial charge in [0.25, 0.3) is 0 Å². The van der Waals surface area contributed by atoms with Gasteiger partial charge in [0.2, 0.25) is 0 Å². The van der Waals surface area contributed by atoms with Gasteiger partial charge < -0.3 is 5.32 Å². The molecular weight excluding hydrogens is 230 g/mol. The molecule has 2 saturated carbocycles. The van der Waals surface area contributed by atoms with E-state index in [9.17, 15) is 0 Å². The molecule has 2 aliphatic rings. The zero-order valence-electron chi connectivity index (χ0n) is 13.5. The molecule has 0 aliphatic heterocycles. The fourth-order valence-corrected chi connectivity index (χ4v) is 4.14. The highest BCUT2D eigenvalue weighted by molar-refractivity contribution is 4.81. The zero-order chi connectivity index (χ0) is 13.7. The minimum Gasteiger partial charge on any atom is -0.316 e. The van der Waals surface area contributed by atoms with E-state index in [1.807, 2.05) is 0 Å². The van der Waals surface area contributed by atoms with Gasteiger partial charge in [0.05, 0.1) is 0 Å². The normalized spacial score (nSPS) is 29.8. The van der Waals surface area contributed by atoms with Gasteiger partial charge in [0, 0.05) is 0 Å². The first-order chi connectivity index (χ1) is 9.05. The van der Waals surface area contributed by atoms with E-state index >= 15 is 0 Å². The molecule has 0 unspecified atom stereocenters. The number of hydrogen-bond donors (Lipinski definition) is 1. The summed E-state index contributed by atoms with van der Waals surface area (Å²) in [7, 11) is 0. The highest BCUT2D eigenvalue weighted by Crippen LogP contribution is 2.39. The molecule has 0 radical (unpaired) electrons. The molecule has 0 aromatic carbocycles. The average molecular weight is 265 g/mol. The van der Waals surface area contributed by atoms with Crippen LogP contribution in [0.5, 0.6) is 0 Å². The molecule has 2 fully saturated rings. The van der Waals surface area contributed by atoms with E-state index < -0.39 is 0 Å². The van der Waals surface area contributed by atoms with E-state index in [1.54, 1.807) is 0 Å². The van der Waals surface area contributed by atoms with Crippen molar-refractivity contribution in [1.29, 1.82) is 0 Å². The van der Waals surface area contributed by atoms with E-state index in [4.69, 9.17) is 0 Å². The van der Waals surface area contributed by atoms with Crippen molar-refractivity contribution < 1.29 is 0 Å². The standard InChI is InChI=1S/C18H35N/c1-18(2,3)17-10-8-16(9-11-17)14-19-13-12-15-6-4-5-7-15/h15-17,19H,4-14H2,1-3H3. The molecule has 0 bridgehead atoms. The molecule has 19 heavy (non-hydrogen) atoms. The van der Waals surface area contributed by atoms with E-state index in [1.165, 1.54) is 70.9 Å². The van der Waals surface area contributed by atoms with Crippen LogP contribution in [0.15, 0.2) is 0 Å². The van der Waals surface area contributed by atoms with Gasteiger partial charge in [-0.05, 0) is 68.4 Å². The van der Waals surface area contributed by atoms with Crippen molar-refractivity contribution in [3.63, 3.8) is 0 Å². The van der Waals surface area contributed by atoms with Crippen molar-refractivity contribution >= 4 is 0 Å². The van der Waals surface area contributed by atoms with Crippen molar-refractivity contribution in [1.82, 2.24) is 5.32 Å². The monoisotopic (exact) mass is 265 g/mol. The Balaban J connectivity index is 1.53. The summed E-state index contributed by atoms with van der Waals surface area (Å²) in [6, 6.07) is 0. The second-order valence-corrected chi connectivity index (χ2v) is 8.23. The quantitative estimate of drug-likeness (QED) is 0.689. The summed E-state index contributed by atoms with van der Waals surface area (Å²) in [5, 5.41) is 3.74. The van der Waals surface area contributed by atoms with Crippen LogP contribution in [-0.4, -0.2) is 13.1 Å². The predicted octanol–water partition coefficient (Wildman–Crippen LogP) is 5.01. The van der Waals surface area contributed by atoms with Crippen LogP contribution in [0.1, 0.15) is 78.6 Å². The van der Waals surface area contributed by atoms with Crippen molar-refractivity contribution in [2.45, 2.75) is 78.6 Å². The topological polar surface area (TPSA) is 12.0 Å². The smallest absolute Gasteiger partial charge is 0.00205 e. The van der Waals surface area contributed by atoms with Crippen LogP contribution in [0.2, 0.25) is 0 Å². The molecule has 0 amide bonds. The Morgan fingerprint density at radius 3 is 2.05 bits per heavy atom. The third kappa shape index (κ3) is 5.10. The lowest BCUT2D eigenvalue weighted by atomic mass is 9.70. The lowest BCUT2D eigenvalue weighted by Crippen LogP contribution is -2.31. The fourth-order valence-electron chi connectivity index (χ4n) is 4.14. The van der Waals surface area contributed by atoms with Crippen molar-refractivity contribution in [3.8, 4) is 0 Å². The van der Waals surface area contributed by atoms with Gasteiger partial charge in [0.15, 0.2) is 0 Å². The number of nitrogens with one attached hydrogen (secondary N) is 1. The van der Waals surface area contributed by atoms with Gasteiger partial charge in [0.1, 0.15) is 0 Å². The van der Waals surface area contributed by atoms with E-state index in [2.05, 4.69) is 26.1 Å². The van der Waals surface area contributed by atoms with Gasteiger partial charge in [-0.1, -0.05) is 46.5 Å². The molecule has 0 heterocycles. The van der Waals surface area contributed by atoms with Crippen LogP contribution < -0.4 is 5.32 Å². The van der Waals surface area contributed by atoms with Crippen LogP contribution in [0.3, 0.4) is 0 Å². The summed E-state index contributed by atoms with van der Waals surface area (Å²) in [6.45, 7) is 9.79. The Labute approximate surface area is 120 Å². The SMILES string of the molecule is CC(C)(C)C1CCC(CNCCC2CCCC2)CC1. The second kappa shape index (κ2) is 7.11. The van der Waals surface area contributed by atoms with E-state index in [-0.39, 0.29) is 0 Å². The summed E-state index contributed by atoms with van der Waals surface area (Å²) < 4.78 is 0. The highest BCUT2D eigenvalue weighted by Gasteiger charge is 2.29. The minimum absolute atomic E-state index is 0.529. The van der Waals surface area contributed by atoms with Crippen molar-refractivity contribution in [2.75, 3.05) is 13.1 Å². The summed E-state index contributed by atoms with van der Waals surface area (Å²) in [5.74, 6) is 2.97. The first-order valence-electron chi connectivity index (χ1n) is 8.76. The summed E-state index contributed by atoms with van der Waals surface area (Å²) in [5.41, 5.74) is 0.529. The van der Waals surface area contributed by atoms with Crippen LogP contribution in [0.4, 0.5) is 0 Å². The van der Waals surface area contributed by atoms with Gasteiger partial charge in [-0.15, -0.1) is 0 Å². The highest BCUT2D eigenvalue weighted by atomic mass is 14.9. The molecule has 1 N–H and O–H groups in total. The zero-order valence-corrected chi connectivity index (χ0v) is 13.5. The molecular formula is C18H35N. The second-order valence-electron chi connectivity index (χ2n) is 8.23. The fraction of sp³-hybridized carbons (Fsp3) is 1.00. The molecule has 0 spiro atoms. The van der Waals surface area contributed by atoms with Crippen LogP contribution in [0, 0.1) is 23.2 Å². The molecule has 1 heteroatoms. The number of rotatable bonds is 5. The van der Waals surface area contributed by atoms with Crippen LogP contribution in [0.25, 0.3) is 0 Å². The molecule has 0 aromatic heterocycles. The van der Waals surface area contributed by atoms with E-state index in [0.29, 0.717) is 5.41 Å². The Morgan fingerprint density at radius 2 is 1.47 bits per heavy atom. The summed E-state index contributed by atoms with van der Waals surface area (Å²) in [4.78, 5) is 0. The van der Waals surface area contributed by atoms with Crippen LogP contribution in [-0.2, 0) is 0 Å². The largest absolute Gasteiger partial charge is 0.316 e. The maximum absolute atomic E-state index is 3.74. The molecule has 112 valence electrons. The summed E-state index contributed by atoms with van der Waals surface area (Å²) in [6.07, 6.45) is 13.2. The average Bonchev–Trinajstić information content (AvgIpc) is 2.87. The molecule has 2 rings (SSSR count). The minimum atomic E-state index is 0.529. The summed E-state index contributed by atoms with van der Waals surface area (Å²) >= 11 is 0. The van der Waals surface area contributed by atoms with Gasteiger partial charge >= 0.3 is 0 Å². The maximum atomic E-state index is 3.74. The Bertz CT molecular complexity index is 239.